The topological polar surface area (TPSA) is 120 Å². The van der Waals surface area contributed by atoms with Gasteiger partial charge in [-0.15, -0.1) is 0 Å². The number of rotatable bonds is 8. The summed E-state index contributed by atoms with van der Waals surface area (Å²) in [4.78, 5) is 34.7. The monoisotopic (exact) mass is 497 g/mol. The predicted molar refractivity (Wildman–Crippen MR) is 120 cm³/mol. The van der Waals surface area contributed by atoms with Crippen LogP contribution in [0.15, 0.2) is 82.4 Å². The lowest BCUT2D eigenvalue weighted by Gasteiger charge is -2.08. The van der Waals surface area contributed by atoms with E-state index in [1.165, 1.54) is 24.4 Å². The number of benzene rings is 3. The minimum Gasteiger partial charge on any atom is -0.477 e. The van der Waals surface area contributed by atoms with Crippen molar-refractivity contribution >= 4 is 39.7 Å². The number of hydrogen-bond acceptors (Lipinski definition) is 7. The fraction of sp³-hybridized carbons (Fsp3) is 0.0455. The average molecular weight is 498 g/mol. The van der Waals surface area contributed by atoms with Gasteiger partial charge in [0, 0.05) is 16.1 Å². The number of ether oxygens (including phenoxy) is 2. The third kappa shape index (κ3) is 6.22. The fourth-order valence-corrected chi connectivity index (χ4v) is 2.90. The lowest BCUT2D eigenvalue weighted by atomic mass is 10.2. The molecule has 0 aliphatic carbocycles. The van der Waals surface area contributed by atoms with Crippen molar-refractivity contribution in [3.63, 3.8) is 0 Å². The highest BCUT2D eigenvalue weighted by molar-refractivity contribution is 9.10. The summed E-state index contributed by atoms with van der Waals surface area (Å²) in [7, 11) is 0. The molecule has 0 saturated heterocycles. The minimum atomic E-state index is -0.628. The number of carbonyl (C=O) groups is 2. The Morgan fingerprint density at radius 1 is 1.03 bits per heavy atom. The van der Waals surface area contributed by atoms with Gasteiger partial charge in [0.25, 0.3) is 5.91 Å². The van der Waals surface area contributed by atoms with E-state index >= 15 is 0 Å². The largest absolute Gasteiger partial charge is 0.477 e. The van der Waals surface area contributed by atoms with Gasteiger partial charge < -0.3 is 9.47 Å². The quantitative estimate of drug-likeness (QED) is 0.164. The maximum atomic E-state index is 12.3. The first-order valence-electron chi connectivity index (χ1n) is 9.19. The molecule has 1 N–H and O–H groups in total. The van der Waals surface area contributed by atoms with Crippen molar-refractivity contribution < 1.29 is 24.0 Å². The van der Waals surface area contributed by atoms with E-state index in [-0.39, 0.29) is 17.2 Å². The van der Waals surface area contributed by atoms with Crippen LogP contribution < -0.4 is 14.9 Å². The summed E-state index contributed by atoms with van der Waals surface area (Å²) in [6, 6.07) is 19.2. The van der Waals surface area contributed by atoms with Crippen LogP contribution >= 0.6 is 15.9 Å². The molecule has 162 valence electrons. The summed E-state index contributed by atoms with van der Waals surface area (Å²) >= 11 is 3.33. The first-order chi connectivity index (χ1) is 15.4. The van der Waals surface area contributed by atoms with Crippen molar-refractivity contribution in [3.05, 3.63) is 98.5 Å². The van der Waals surface area contributed by atoms with Crippen LogP contribution in [0.2, 0.25) is 0 Å². The number of nitro benzene ring substituents is 1. The van der Waals surface area contributed by atoms with Gasteiger partial charge in [0.15, 0.2) is 12.4 Å². The van der Waals surface area contributed by atoms with Gasteiger partial charge >= 0.3 is 11.7 Å². The number of nitrogens with zero attached hydrogens (tertiary/aromatic N) is 2. The zero-order chi connectivity index (χ0) is 22.9. The highest BCUT2D eigenvalue weighted by Crippen LogP contribution is 2.25. The molecule has 0 spiro atoms. The van der Waals surface area contributed by atoms with Crippen LogP contribution in [0.1, 0.15) is 15.9 Å². The van der Waals surface area contributed by atoms with Gasteiger partial charge in [-0.05, 0) is 36.4 Å². The molecule has 0 unspecified atom stereocenters. The number of nitrogens with one attached hydrogen (secondary N) is 1. The highest BCUT2D eigenvalue weighted by Gasteiger charge is 2.15. The maximum absolute atomic E-state index is 12.3. The van der Waals surface area contributed by atoms with Gasteiger partial charge in [-0.3, -0.25) is 14.9 Å². The Bertz CT molecular complexity index is 1170. The van der Waals surface area contributed by atoms with E-state index in [1.54, 1.807) is 54.6 Å². The number of nitro groups is 1. The number of amides is 1. The van der Waals surface area contributed by atoms with Crippen LogP contribution in [0.5, 0.6) is 11.5 Å². The van der Waals surface area contributed by atoms with Gasteiger partial charge in [0.2, 0.25) is 0 Å². The highest BCUT2D eigenvalue weighted by atomic mass is 79.9. The summed E-state index contributed by atoms with van der Waals surface area (Å²) in [6.45, 7) is -0.476. The van der Waals surface area contributed by atoms with E-state index in [9.17, 15) is 19.7 Å². The van der Waals surface area contributed by atoms with Gasteiger partial charge in [0.1, 0.15) is 5.75 Å². The second-order valence-corrected chi connectivity index (χ2v) is 7.16. The summed E-state index contributed by atoms with van der Waals surface area (Å²) in [6.07, 6.45) is 1.31. The SMILES string of the molecule is O=C(COc1ccccc1[N+](=O)[O-])N/N=C/c1cc(Br)ccc1OC(=O)c1ccccc1. The molecule has 0 fully saturated rings. The van der Waals surface area contributed by atoms with E-state index in [1.807, 2.05) is 0 Å². The molecular formula is C22H16BrN3O6. The van der Waals surface area contributed by atoms with Crippen LogP contribution in [-0.4, -0.2) is 29.6 Å². The molecule has 0 bridgehead atoms. The Kier molecular flexibility index (Phi) is 7.65. The molecule has 10 heteroatoms. The third-order valence-corrected chi connectivity index (χ3v) is 4.49. The zero-order valence-electron chi connectivity index (χ0n) is 16.4. The van der Waals surface area contributed by atoms with Crippen LogP contribution in [0.25, 0.3) is 0 Å². The number of halogens is 1. The molecule has 0 saturated carbocycles. The smallest absolute Gasteiger partial charge is 0.343 e. The molecule has 1 amide bonds. The number of hydrazone groups is 1. The summed E-state index contributed by atoms with van der Waals surface area (Å²) in [5.74, 6) is -0.948. The number of para-hydroxylation sites is 2. The molecule has 0 atom stereocenters. The second kappa shape index (κ2) is 10.8. The minimum absolute atomic E-state index is 0.0290. The summed E-state index contributed by atoms with van der Waals surface area (Å²) < 4.78 is 11.3. The molecule has 32 heavy (non-hydrogen) atoms. The Morgan fingerprint density at radius 3 is 2.50 bits per heavy atom. The van der Waals surface area contributed by atoms with E-state index in [4.69, 9.17) is 9.47 Å². The van der Waals surface area contributed by atoms with Crippen molar-refractivity contribution in [3.8, 4) is 11.5 Å². The molecule has 0 heterocycles. The first kappa shape index (κ1) is 22.6. The van der Waals surface area contributed by atoms with Gasteiger partial charge in [-0.25, -0.2) is 10.2 Å². The van der Waals surface area contributed by atoms with E-state index in [2.05, 4.69) is 26.5 Å². The predicted octanol–water partition coefficient (Wildman–Crippen LogP) is 4.11. The van der Waals surface area contributed by atoms with Crippen LogP contribution in [-0.2, 0) is 4.79 Å². The van der Waals surface area contributed by atoms with E-state index in [0.29, 0.717) is 15.6 Å². The first-order valence-corrected chi connectivity index (χ1v) is 9.98. The molecule has 0 aliphatic rings. The van der Waals surface area contributed by atoms with Crippen molar-refractivity contribution in [1.29, 1.82) is 0 Å². The maximum Gasteiger partial charge on any atom is 0.343 e. The molecule has 3 aromatic rings. The molecule has 9 nitrogen and oxygen atoms in total. The normalized spacial score (nSPS) is 10.5. The molecule has 0 radical (unpaired) electrons. The van der Waals surface area contributed by atoms with Gasteiger partial charge in [-0.2, -0.15) is 5.10 Å². The third-order valence-electron chi connectivity index (χ3n) is 4.00. The van der Waals surface area contributed by atoms with Crippen molar-refractivity contribution in [2.75, 3.05) is 6.61 Å². The van der Waals surface area contributed by atoms with Crippen LogP contribution in [0, 0.1) is 10.1 Å². The zero-order valence-corrected chi connectivity index (χ0v) is 18.0. The summed E-state index contributed by atoms with van der Waals surface area (Å²) in [5.41, 5.74) is 2.84. The average Bonchev–Trinajstić information content (AvgIpc) is 2.80. The molecule has 3 aromatic carbocycles. The Morgan fingerprint density at radius 2 is 1.75 bits per heavy atom. The molecule has 0 aromatic heterocycles. The lowest BCUT2D eigenvalue weighted by Crippen LogP contribution is -2.24. The fourth-order valence-electron chi connectivity index (χ4n) is 2.53. The van der Waals surface area contributed by atoms with Crippen LogP contribution in [0.3, 0.4) is 0 Å². The van der Waals surface area contributed by atoms with Crippen molar-refractivity contribution in [2.45, 2.75) is 0 Å². The van der Waals surface area contributed by atoms with Crippen molar-refractivity contribution in [2.24, 2.45) is 5.10 Å². The Labute approximate surface area is 190 Å². The van der Waals surface area contributed by atoms with Crippen LogP contribution in [0.4, 0.5) is 5.69 Å². The number of carbonyl (C=O) groups excluding carboxylic acids is 2. The Hall–Kier alpha value is -4.05. The van der Waals surface area contributed by atoms with E-state index < -0.39 is 23.4 Å². The standard InChI is InChI=1S/C22H16BrN3O6/c23-17-10-11-19(32-22(28)15-6-2-1-3-7-15)16(12-17)13-24-25-21(27)14-31-20-9-5-4-8-18(20)26(29)30/h1-13H,14H2,(H,25,27)/b24-13+. The Balaban J connectivity index is 1.62. The molecule has 3 rings (SSSR count). The van der Waals surface area contributed by atoms with Crippen molar-refractivity contribution in [1.82, 2.24) is 5.43 Å². The lowest BCUT2D eigenvalue weighted by molar-refractivity contribution is -0.385. The second-order valence-electron chi connectivity index (χ2n) is 6.24. The molecular weight excluding hydrogens is 482 g/mol. The number of hydrogen-bond donors (Lipinski definition) is 1. The number of esters is 1. The summed E-state index contributed by atoms with van der Waals surface area (Å²) in [5, 5.41) is 14.8. The van der Waals surface area contributed by atoms with Gasteiger partial charge in [0.05, 0.1) is 16.7 Å². The van der Waals surface area contributed by atoms with E-state index in [0.717, 1.165) is 0 Å². The molecule has 0 aliphatic heterocycles. The van der Waals surface area contributed by atoms with Gasteiger partial charge in [-0.1, -0.05) is 46.3 Å².